The van der Waals surface area contributed by atoms with Gasteiger partial charge < -0.3 is 5.32 Å². The molecule has 2 rings (SSSR count). The molecular formula is C12H21N3O2. The Bertz CT molecular complexity index is 302. The van der Waals surface area contributed by atoms with Crippen LogP contribution < -0.4 is 10.6 Å². The highest BCUT2D eigenvalue weighted by atomic mass is 16.2. The fourth-order valence-corrected chi connectivity index (χ4v) is 2.25. The number of imide groups is 1. The summed E-state index contributed by atoms with van der Waals surface area (Å²) in [4.78, 5) is 25.1. The SMILES string of the molecule is CC1CCCN(CC(=O)NC(=O)NC2CC2)C1. The summed E-state index contributed by atoms with van der Waals surface area (Å²) in [7, 11) is 0. The van der Waals surface area contributed by atoms with E-state index in [0.717, 1.165) is 32.4 Å². The van der Waals surface area contributed by atoms with E-state index in [0.29, 0.717) is 12.5 Å². The predicted octanol–water partition coefficient (Wildman–Crippen LogP) is 0.707. The zero-order valence-corrected chi connectivity index (χ0v) is 10.4. The summed E-state index contributed by atoms with van der Waals surface area (Å²) in [6.07, 6.45) is 4.44. The number of hydrogen-bond acceptors (Lipinski definition) is 3. The summed E-state index contributed by atoms with van der Waals surface area (Å²) in [5.41, 5.74) is 0. The Morgan fingerprint density at radius 1 is 1.29 bits per heavy atom. The third kappa shape index (κ3) is 4.34. The zero-order chi connectivity index (χ0) is 12.3. The molecule has 96 valence electrons. The van der Waals surface area contributed by atoms with Crippen LogP contribution in [0, 0.1) is 5.92 Å². The number of piperidine rings is 1. The van der Waals surface area contributed by atoms with Crippen LogP contribution in [0.4, 0.5) is 4.79 Å². The molecule has 17 heavy (non-hydrogen) atoms. The van der Waals surface area contributed by atoms with Gasteiger partial charge in [0.1, 0.15) is 0 Å². The lowest BCUT2D eigenvalue weighted by atomic mass is 10.0. The highest BCUT2D eigenvalue weighted by molar-refractivity contribution is 5.95. The first-order chi connectivity index (χ1) is 8.13. The average molecular weight is 239 g/mol. The lowest BCUT2D eigenvalue weighted by Gasteiger charge is -2.29. The fraction of sp³-hybridized carbons (Fsp3) is 0.833. The molecule has 0 aromatic carbocycles. The number of carbonyl (C=O) groups excluding carboxylic acids is 2. The van der Waals surface area contributed by atoms with Gasteiger partial charge in [-0.15, -0.1) is 0 Å². The Kier molecular flexibility index (Phi) is 3.99. The molecule has 1 unspecified atom stereocenters. The number of urea groups is 1. The van der Waals surface area contributed by atoms with E-state index < -0.39 is 0 Å². The molecular weight excluding hydrogens is 218 g/mol. The first-order valence-corrected chi connectivity index (χ1v) is 6.46. The van der Waals surface area contributed by atoms with Gasteiger partial charge in [-0.3, -0.25) is 15.0 Å². The van der Waals surface area contributed by atoms with Crippen molar-refractivity contribution >= 4 is 11.9 Å². The summed E-state index contributed by atoms with van der Waals surface area (Å²) in [6.45, 7) is 4.45. The summed E-state index contributed by atoms with van der Waals surface area (Å²) in [5.74, 6) is 0.453. The molecule has 1 saturated heterocycles. The molecule has 2 fully saturated rings. The molecule has 2 aliphatic rings. The van der Waals surface area contributed by atoms with E-state index in [4.69, 9.17) is 0 Å². The van der Waals surface area contributed by atoms with Crippen molar-refractivity contribution in [3.05, 3.63) is 0 Å². The van der Waals surface area contributed by atoms with Crippen molar-refractivity contribution in [2.24, 2.45) is 5.92 Å². The standard InChI is InChI=1S/C12H21N3O2/c1-9-3-2-6-15(7-9)8-11(16)14-12(17)13-10-4-5-10/h9-10H,2-8H2,1H3,(H2,13,14,16,17). The van der Waals surface area contributed by atoms with E-state index in [2.05, 4.69) is 22.5 Å². The summed E-state index contributed by atoms with van der Waals surface area (Å²) < 4.78 is 0. The van der Waals surface area contributed by atoms with E-state index >= 15 is 0 Å². The molecule has 2 N–H and O–H groups in total. The van der Waals surface area contributed by atoms with Crippen LogP contribution in [0.15, 0.2) is 0 Å². The second-order valence-corrected chi connectivity index (χ2v) is 5.28. The average Bonchev–Trinajstić information content (AvgIpc) is 3.00. The van der Waals surface area contributed by atoms with Crippen LogP contribution in [0.2, 0.25) is 0 Å². The molecule has 0 bridgehead atoms. The molecule has 1 heterocycles. The number of carbonyl (C=O) groups is 2. The maximum atomic E-state index is 11.6. The van der Waals surface area contributed by atoms with Gasteiger partial charge in [0, 0.05) is 12.6 Å². The van der Waals surface area contributed by atoms with Crippen LogP contribution in [0.1, 0.15) is 32.6 Å². The topological polar surface area (TPSA) is 61.4 Å². The van der Waals surface area contributed by atoms with Gasteiger partial charge in [0.2, 0.25) is 5.91 Å². The van der Waals surface area contributed by atoms with Gasteiger partial charge in [-0.25, -0.2) is 4.79 Å². The van der Waals surface area contributed by atoms with E-state index in [9.17, 15) is 9.59 Å². The minimum Gasteiger partial charge on any atom is -0.335 e. The summed E-state index contributed by atoms with van der Waals surface area (Å²) in [5, 5.41) is 5.12. The van der Waals surface area contributed by atoms with Crippen molar-refractivity contribution in [1.82, 2.24) is 15.5 Å². The number of likely N-dealkylation sites (tertiary alicyclic amines) is 1. The number of hydrogen-bond donors (Lipinski definition) is 2. The number of rotatable bonds is 3. The third-order valence-corrected chi connectivity index (χ3v) is 3.27. The molecule has 1 aliphatic carbocycles. The molecule has 5 heteroatoms. The van der Waals surface area contributed by atoms with Crippen LogP contribution in [0.25, 0.3) is 0 Å². The Labute approximate surface area is 102 Å². The quantitative estimate of drug-likeness (QED) is 0.762. The molecule has 0 radical (unpaired) electrons. The van der Waals surface area contributed by atoms with Crippen molar-refractivity contribution in [1.29, 1.82) is 0 Å². The molecule has 1 atom stereocenters. The Balaban J connectivity index is 1.66. The minimum atomic E-state index is -0.345. The molecule has 5 nitrogen and oxygen atoms in total. The lowest BCUT2D eigenvalue weighted by Crippen LogP contribution is -2.47. The van der Waals surface area contributed by atoms with Crippen LogP contribution in [-0.2, 0) is 4.79 Å². The third-order valence-electron chi connectivity index (χ3n) is 3.27. The first-order valence-electron chi connectivity index (χ1n) is 6.46. The summed E-state index contributed by atoms with van der Waals surface area (Å²) >= 11 is 0. The lowest BCUT2D eigenvalue weighted by molar-refractivity contribution is -0.121. The zero-order valence-electron chi connectivity index (χ0n) is 10.4. The van der Waals surface area contributed by atoms with E-state index in [1.54, 1.807) is 0 Å². The van der Waals surface area contributed by atoms with Gasteiger partial charge in [-0.1, -0.05) is 6.92 Å². The van der Waals surface area contributed by atoms with E-state index in [1.807, 2.05) is 0 Å². The first kappa shape index (κ1) is 12.4. The molecule has 0 spiro atoms. The highest BCUT2D eigenvalue weighted by Crippen LogP contribution is 2.18. The number of amides is 3. The van der Waals surface area contributed by atoms with Gasteiger partial charge in [0.15, 0.2) is 0 Å². The number of nitrogens with zero attached hydrogens (tertiary/aromatic N) is 1. The van der Waals surface area contributed by atoms with Crippen LogP contribution in [0.3, 0.4) is 0 Å². The van der Waals surface area contributed by atoms with Gasteiger partial charge in [0.05, 0.1) is 6.54 Å². The van der Waals surface area contributed by atoms with Crippen LogP contribution in [0.5, 0.6) is 0 Å². The summed E-state index contributed by atoms with van der Waals surface area (Å²) in [6, 6.07) is -0.0552. The van der Waals surface area contributed by atoms with Gasteiger partial charge in [0.25, 0.3) is 0 Å². The Morgan fingerprint density at radius 3 is 2.71 bits per heavy atom. The number of nitrogens with one attached hydrogen (secondary N) is 2. The minimum absolute atomic E-state index is 0.197. The maximum Gasteiger partial charge on any atom is 0.321 e. The van der Waals surface area contributed by atoms with Crippen molar-refractivity contribution in [2.75, 3.05) is 19.6 Å². The monoisotopic (exact) mass is 239 g/mol. The molecule has 3 amide bonds. The normalized spacial score (nSPS) is 25.4. The maximum absolute atomic E-state index is 11.6. The molecule has 0 aromatic rings. The van der Waals surface area contributed by atoms with Crippen molar-refractivity contribution < 1.29 is 9.59 Å². The Morgan fingerprint density at radius 2 is 2.06 bits per heavy atom. The smallest absolute Gasteiger partial charge is 0.321 e. The van der Waals surface area contributed by atoms with Gasteiger partial charge >= 0.3 is 6.03 Å². The van der Waals surface area contributed by atoms with Crippen molar-refractivity contribution in [2.45, 2.75) is 38.6 Å². The Hall–Kier alpha value is -1.10. The predicted molar refractivity (Wildman–Crippen MR) is 64.5 cm³/mol. The van der Waals surface area contributed by atoms with Crippen molar-refractivity contribution in [3.8, 4) is 0 Å². The van der Waals surface area contributed by atoms with E-state index in [-0.39, 0.29) is 18.0 Å². The highest BCUT2D eigenvalue weighted by Gasteiger charge is 2.24. The van der Waals surface area contributed by atoms with Crippen LogP contribution in [-0.4, -0.2) is 42.5 Å². The fourth-order valence-electron chi connectivity index (χ4n) is 2.25. The van der Waals surface area contributed by atoms with Gasteiger partial charge in [-0.05, 0) is 38.1 Å². The second kappa shape index (κ2) is 5.49. The van der Waals surface area contributed by atoms with E-state index in [1.165, 1.54) is 6.42 Å². The van der Waals surface area contributed by atoms with Gasteiger partial charge in [-0.2, -0.15) is 0 Å². The molecule has 1 saturated carbocycles. The largest absolute Gasteiger partial charge is 0.335 e. The molecule has 0 aromatic heterocycles. The van der Waals surface area contributed by atoms with Crippen LogP contribution >= 0.6 is 0 Å². The molecule has 1 aliphatic heterocycles. The second-order valence-electron chi connectivity index (χ2n) is 5.28. The van der Waals surface area contributed by atoms with Crippen molar-refractivity contribution in [3.63, 3.8) is 0 Å².